The molecule has 2 N–H and O–H groups in total. The Morgan fingerprint density at radius 2 is 1.79 bits per heavy atom. The normalized spacial score (nSPS) is 15.0. The summed E-state index contributed by atoms with van der Waals surface area (Å²) in [6.45, 7) is 1.89. The highest BCUT2D eigenvalue weighted by atomic mass is 32.2. The fourth-order valence-corrected chi connectivity index (χ4v) is 4.70. The summed E-state index contributed by atoms with van der Waals surface area (Å²) in [7, 11) is -3.75. The Morgan fingerprint density at radius 1 is 1.12 bits per heavy atom. The fourth-order valence-electron chi connectivity index (χ4n) is 2.90. The number of terminal acetylenes is 1. The summed E-state index contributed by atoms with van der Waals surface area (Å²) in [4.78, 5) is 38.5. The third kappa shape index (κ3) is 6.10. The number of carbonyl (C=O) groups is 3. The molecule has 0 unspecified atom stereocenters. The number of sulfonamides is 1. The van der Waals surface area contributed by atoms with Gasteiger partial charge < -0.3 is 5.32 Å². The molecule has 3 amide bonds. The van der Waals surface area contributed by atoms with Crippen molar-refractivity contribution in [2.45, 2.75) is 11.8 Å². The van der Waals surface area contributed by atoms with Gasteiger partial charge in [-0.2, -0.15) is 4.72 Å². The van der Waals surface area contributed by atoms with E-state index in [0.717, 1.165) is 27.8 Å². The molecule has 0 bridgehead atoms. The van der Waals surface area contributed by atoms with Crippen LogP contribution < -0.4 is 10.0 Å². The van der Waals surface area contributed by atoms with Crippen molar-refractivity contribution in [3.05, 3.63) is 70.1 Å². The average Bonchev–Trinajstić information content (AvgIpc) is 3.06. The van der Waals surface area contributed by atoms with E-state index in [2.05, 4.69) is 16.0 Å². The molecule has 3 rings (SSSR count). The Labute approximate surface area is 196 Å². The zero-order valence-corrected chi connectivity index (χ0v) is 19.3. The van der Waals surface area contributed by atoms with Crippen molar-refractivity contribution >= 4 is 44.9 Å². The number of aryl methyl sites for hydroxylation is 1. The van der Waals surface area contributed by atoms with Crippen LogP contribution in [-0.4, -0.2) is 50.0 Å². The van der Waals surface area contributed by atoms with Crippen LogP contribution in [0.25, 0.3) is 6.08 Å². The minimum absolute atomic E-state index is 0.0180. The second-order valence-electron chi connectivity index (χ2n) is 7.05. The molecule has 10 heteroatoms. The molecular formula is C23H21N3O5S2. The lowest BCUT2D eigenvalue weighted by Gasteiger charge is -2.13. The summed E-state index contributed by atoms with van der Waals surface area (Å²) >= 11 is 0.856. The maximum atomic E-state index is 12.6. The number of imide groups is 1. The molecule has 0 spiro atoms. The molecule has 1 saturated heterocycles. The number of rotatable bonds is 8. The van der Waals surface area contributed by atoms with Gasteiger partial charge in [0.1, 0.15) is 0 Å². The maximum absolute atomic E-state index is 12.6. The lowest BCUT2D eigenvalue weighted by atomic mass is 10.1. The first-order valence-electron chi connectivity index (χ1n) is 9.85. The highest BCUT2D eigenvalue weighted by Crippen LogP contribution is 2.31. The van der Waals surface area contributed by atoms with Crippen LogP contribution in [0.15, 0.2) is 58.3 Å². The Balaban J connectivity index is 1.56. The molecule has 8 nitrogen and oxygen atoms in total. The van der Waals surface area contributed by atoms with Crippen LogP contribution in [0.3, 0.4) is 0 Å². The van der Waals surface area contributed by atoms with Crippen LogP contribution >= 0.6 is 11.8 Å². The van der Waals surface area contributed by atoms with Gasteiger partial charge in [-0.1, -0.05) is 35.7 Å². The minimum atomic E-state index is -3.75. The Morgan fingerprint density at radius 3 is 2.42 bits per heavy atom. The standard InChI is InChI=1S/C23H21N3O5S2/c1-3-12-25-33(30,31)19-10-8-18(9-11-19)21(27)24-13-14-26-22(28)20(32-23(26)29)15-17-6-4-16(2)5-7-17/h1,4-11,15,25H,12-14H2,2H3,(H,24,27)/b20-15-. The number of hydrogen-bond acceptors (Lipinski definition) is 6. The van der Waals surface area contributed by atoms with Gasteiger partial charge in [-0.25, -0.2) is 8.42 Å². The lowest BCUT2D eigenvalue weighted by Crippen LogP contribution is -2.37. The van der Waals surface area contributed by atoms with Gasteiger partial charge in [0.05, 0.1) is 16.3 Å². The first-order valence-corrected chi connectivity index (χ1v) is 12.1. The van der Waals surface area contributed by atoms with Crippen LogP contribution in [-0.2, 0) is 14.8 Å². The van der Waals surface area contributed by atoms with E-state index in [9.17, 15) is 22.8 Å². The molecule has 0 atom stereocenters. The number of amides is 3. The molecular weight excluding hydrogens is 462 g/mol. The monoisotopic (exact) mass is 483 g/mol. The Bertz CT molecular complexity index is 1240. The zero-order chi connectivity index (χ0) is 24.0. The molecule has 2 aromatic carbocycles. The molecule has 1 aliphatic rings. The molecule has 170 valence electrons. The molecule has 0 aromatic heterocycles. The summed E-state index contributed by atoms with van der Waals surface area (Å²) in [5.74, 6) is 1.31. The maximum Gasteiger partial charge on any atom is 0.293 e. The van der Waals surface area contributed by atoms with Crippen LogP contribution in [0, 0.1) is 19.3 Å². The molecule has 0 radical (unpaired) electrons. The first kappa shape index (κ1) is 24.3. The van der Waals surface area contributed by atoms with Gasteiger partial charge in [0.25, 0.3) is 17.1 Å². The molecule has 33 heavy (non-hydrogen) atoms. The second kappa shape index (κ2) is 10.5. The molecule has 1 fully saturated rings. The zero-order valence-electron chi connectivity index (χ0n) is 17.7. The molecule has 2 aromatic rings. The summed E-state index contributed by atoms with van der Waals surface area (Å²) in [6.07, 6.45) is 6.72. The summed E-state index contributed by atoms with van der Waals surface area (Å²) in [5.41, 5.74) is 2.14. The summed E-state index contributed by atoms with van der Waals surface area (Å²) < 4.78 is 26.3. The van der Waals surface area contributed by atoms with E-state index >= 15 is 0 Å². The topological polar surface area (TPSA) is 113 Å². The number of nitrogens with one attached hydrogen (secondary N) is 2. The van der Waals surface area contributed by atoms with Crippen LogP contribution in [0.2, 0.25) is 0 Å². The van der Waals surface area contributed by atoms with Gasteiger partial charge in [0.15, 0.2) is 0 Å². The van der Waals surface area contributed by atoms with Crippen molar-refractivity contribution in [3.63, 3.8) is 0 Å². The van der Waals surface area contributed by atoms with Gasteiger partial charge in [0.2, 0.25) is 10.0 Å². The van der Waals surface area contributed by atoms with Crippen molar-refractivity contribution in [3.8, 4) is 12.3 Å². The molecule has 1 aliphatic heterocycles. The van der Waals surface area contributed by atoms with Gasteiger partial charge in [0, 0.05) is 18.7 Å². The summed E-state index contributed by atoms with van der Waals surface area (Å²) in [5, 5.41) is 2.22. The van der Waals surface area contributed by atoms with Gasteiger partial charge in [-0.3, -0.25) is 19.3 Å². The van der Waals surface area contributed by atoms with Crippen molar-refractivity contribution < 1.29 is 22.8 Å². The van der Waals surface area contributed by atoms with Gasteiger partial charge in [-0.05, 0) is 54.6 Å². The number of hydrogen-bond donors (Lipinski definition) is 2. The van der Waals surface area contributed by atoms with E-state index in [-0.39, 0.29) is 30.1 Å². The first-order chi connectivity index (χ1) is 15.7. The van der Waals surface area contributed by atoms with E-state index in [1.54, 1.807) is 6.08 Å². The molecule has 1 heterocycles. The van der Waals surface area contributed by atoms with Crippen LogP contribution in [0.5, 0.6) is 0 Å². The van der Waals surface area contributed by atoms with E-state index < -0.39 is 27.1 Å². The van der Waals surface area contributed by atoms with E-state index in [4.69, 9.17) is 6.42 Å². The van der Waals surface area contributed by atoms with Crippen molar-refractivity contribution in [2.24, 2.45) is 0 Å². The average molecular weight is 484 g/mol. The van der Waals surface area contributed by atoms with Gasteiger partial charge in [-0.15, -0.1) is 6.42 Å². The minimum Gasteiger partial charge on any atom is -0.350 e. The Hall–Kier alpha value is -3.39. The number of benzene rings is 2. The third-order valence-corrected chi connectivity index (χ3v) is 6.99. The quantitative estimate of drug-likeness (QED) is 0.440. The van der Waals surface area contributed by atoms with Crippen LogP contribution in [0.4, 0.5) is 4.79 Å². The predicted molar refractivity (Wildman–Crippen MR) is 127 cm³/mol. The van der Waals surface area contributed by atoms with E-state index in [1.165, 1.54) is 24.3 Å². The largest absolute Gasteiger partial charge is 0.350 e. The lowest BCUT2D eigenvalue weighted by molar-refractivity contribution is -0.122. The smallest absolute Gasteiger partial charge is 0.293 e. The Kier molecular flexibility index (Phi) is 7.71. The summed E-state index contributed by atoms with van der Waals surface area (Å²) in [6, 6.07) is 12.9. The number of thioether (sulfide) groups is 1. The fraction of sp³-hybridized carbons (Fsp3) is 0.174. The highest BCUT2D eigenvalue weighted by Gasteiger charge is 2.34. The van der Waals surface area contributed by atoms with E-state index in [0.29, 0.717) is 4.91 Å². The van der Waals surface area contributed by atoms with E-state index in [1.807, 2.05) is 31.2 Å². The second-order valence-corrected chi connectivity index (χ2v) is 9.81. The van der Waals surface area contributed by atoms with Crippen molar-refractivity contribution in [1.29, 1.82) is 0 Å². The SMILES string of the molecule is C#CCNS(=O)(=O)c1ccc(C(=O)NCCN2C(=O)S/C(=C\c3ccc(C)cc3)C2=O)cc1. The number of nitrogens with zero attached hydrogens (tertiary/aromatic N) is 1. The third-order valence-electron chi connectivity index (χ3n) is 4.66. The van der Waals surface area contributed by atoms with Crippen molar-refractivity contribution in [2.75, 3.05) is 19.6 Å². The molecule has 0 saturated carbocycles. The van der Waals surface area contributed by atoms with Crippen molar-refractivity contribution in [1.82, 2.24) is 14.9 Å². The van der Waals surface area contributed by atoms with Gasteiger partial charge >= 0.3 is 0 Å². The molecule has 0 aliphatic carbocycles. The number of carbonyl (C=O) groups excluding carboxylic acids is 3. The highest BCUT2D eigenvalue weighted by molar-refractivity contribution is 8.18. The van der Waals surface area contributed by atoms with Crippen LogP contribution in [0.1, 0.15) is 21.5 Å². The predicted octanol–water partition coefficient (Wildman–Crippen LogP) is 2.37.